The zero-order chi connectivity index (χ0) is 22.7. The number of carbonyl (C=O) groups is 2. The third-order valence-electron chi connectivity index (χ3n) is 4.60. The van der Waals surface area contributed by atoms with E-state index in [1.165, 1.54) is 15.7 Å². The highest BCUT2D eigenvalue weighted by Gasteiger charge is 2.21. The molecule has 0 unspecified atom stereocenters. The lowest BCUT2D eigenvalue weighted by atomic mass is 10.2. The first-order valence-electron chi connectivity index (χ1n) is 9.34. The molecule has 0 aliphatic heterocycles. The minimum atomic E-state index is -0.587. The Balaban J connectivity index is 1.42. The number of hydrogen-bond donors (Lipinski definition) is 2. The van der Waals surface area contributed by atoms with Gasteiger partial charge in [0.15, 0.2) is 0 Å². The first kappa shape index (κ1) is 21.5. The van der Waals surface area contributed by atoms with Gasteiger partial charge in [-0.25, -0.2) is 9.36 Å². The summed E-state index contributed by atoms with van der Waals surface area (Å²) in [6, 6.07) is 13.8. The van der Waals surface area contributed by atoms with Gasteiger partial charge in [0.05, 0.1) is 17.9 Å². The van der Waals surface area contributed by atoms with E-state index in [1.54, 1.807) is 37.3 Å². The van der Waals surface area contributed by atoms with Gasteiger partial charge in [0.25, 0.3) is 11.8 Å². The fourth-order valence-corrected chi connectivity index (χ4v) is 3.51. The molecule has 0 bridgehead atoms. The molecule has 2 aromatic heterocycles. The zero-order valence-electron chi connectivity index (χ0n) is 16.7. The van der Waals surface area contributed by atoms with Crippen LogP contribution in [0.25, 0.3) is 5.69 Å². The summed E-state index contributed by atoms with van der Waals surface area (Å²) in [5, 5.41) is 15.9. The van der Waals surface area contributed by atoms with Crippen LogP contribution in [0.4, 0.5) is 0 Å². The Morgan fingerprint density at radius 1 is 1.00 bits per heavy atom. The van der Waals surface area contributed by atoms with E-state index in [2.05, 4.69) is 31.5 Å². The number of aryl methyl sites for hydroxylation is 1. The summed E-state index contributed by atoms with van der Waals surface area (Å²) in [4.78, 5) is 25.0. The van der Waals surface area contributed by atoms with Crippen molar-refractivity contribution in [2.45, 2.75) is 13.5 Å². The first-order valence-corrected chi connectivity index (χ1v) is 10.1. The minimum Gasteiger partial charge on any atom is -0.267 e. The monoisotopic (exact) mass is 470 g/mol. The van der Waals surface area contributed by atoms with E-state index in [9.17, 15) is 9.59 Å². The van der Waals surface area contributed by atoms with Gasteiger partial charge in [0.2, 0.25) is 0 Å². The topological polar surface area (TPSA) is 120 Å². The Morgan fingerprint density at radius 3 is 2.41 bits per heavy atom. The van der Waals surface area contributed by atoms with E-state index < -0.39 is 11.8 Å². The molecule has 162 valence electrons. The van der Waals surface area contributed by atoms with Crippen LogP contribution in [0.5, 0.6) is 0 Å². The second-order valence-electron chi connectivity index (χ2n) is 6.71. The van der Waals surface area contributed by atoms with Crippen LogP contribution < -0.4 is 10.9 Å². The molecule has 0 aliphatic carbocycles. The number of tetrazole rings is 1. The van der Waals surface area contributed by atoms with Crippen molar-refractivity contribution in [2.75, 3.05) is 0 Å². The molecule has 32 heavy (non-hydrogen) atoms. The standard InChI is InChI=1S/C20H16Cl2N8O2/c1-12-17(18(22)29(26-12)10-14-4-2-3-5-16(14)21)20(32)25-24-19(31)13-6-8-15(9-7-13)30-11-23-27-28-30/h2-9,11H,10H2,1H3,(H,24,31)(H,25,32). The lowest BCUT2D eigenvalue weighted by Gasteiger charge is -2.08. The molecular weight excluding hydrogens is 455 g/mol. The number of carbonyl (C=O) groups excluding carboxylic acids is 2. The van der Waals surface area contributed by atoms with E-state index in [-0.39, 0.29) is 10.7 Å². The molecule has 0 saturated heterocycles. The van der Waals surface area contributed by atoms with Crippen molar-refractivity contribution in [3.8, 4) is 5.69 Å². The Labute approximate surface area is 192 Å². The lowest BCUT2D eigenvalue weighted by molar-refractivity contribution is 0.0846. The Kier molecular flexibility index (Phi) is 6.15. The SMILES string of the molecule is Cc1nn(Cc2ccccc2Cl)c(Cl)c1C(=O)NNC(=O)c1ccc(-n2cnnn2)cc1. The van der Waals surface area contributed by atoms with Crippen LogP contribution in [0.15, 0.2) is 54.9 Å². The molecule has 4 aromatic rings. The molecular formula is C20H16Cl2N8O2. The van der Waals surface area contributed by atoms with Gasteiger partial charge < -0.3 is 0 Å². The van der Waals surface area contributed by atoms with Gasteiger partial charge in [-0.15, -0.1) is 5.10 Å². The largest absolute Gasteiger partial charge is 0.274 e. The maximum atomic E-state index is 12.6. The second-order valence-corrected chi connectivity index (χ2v) is 7.48. The summed E-state index contributed by atoms with van der Waals surface area (Å²) < 4.78 is 2.93. The van der Waals surface area contributed by atoms with Crippen molar-refractivity contribution in [1.29, 1.82) is 0 Å². The number of nitrogens with one attached hydrogen (secondary N) is 2. The van der Waals surface area contributed by atoms with Crippen molar-refractivity contribution in [1.82, 2.24) is 40.8 Å². The van der Waals surface area contributed by atoms with Crippen LogP contribution in [0.1, 0.15) is 32.0 Å². The fourth-order valence-electron chi connectivity index (χ4n) is 3.00. The Morgan fingerprint density at radius 2 is 1.72 bits per heavy atom. The van der Waals surface area contributed by atoms with Gasteiger partial charge in [0.1, 0.15) is 17.0 Å². The maximum absolute atomic E-state index is 12.6. The highest BCUT2D eigenvalue weighted by molar-refractivity contribution is 6.33. The smallest absolute Gasteiger partial charge is 0.267 e. The number of rotatable bonds is 5. The van der Waals surface area contributed by atoms with E-state index in [4.69, 9.17) is 23.2 Å². The van der Waals surface area contributed by atoms with E-state index in [0.29, 0.717) is 28.5 Å². The van der Waals surface area contributed by atoms with Crippen molar-refractivity contribution < 1.29 is 9.59 Å². The molecule has 0 aliphatic rings. The van der Waals surface area contributed by atoms with Gasteiger partial charge in [-0.1, -0.05) is 41.4 Å². The van der Waals surface area contributed by atoms with Crippen molar-refractivity contribution in [3.05, 3.63) is 87.4 Å². The highest BCUT2D eigenvalue weighted by Crippen LogP contribution is 2.23. The molecule has 0 atom stereocenters. The van der Waals surface area contributed by atoms with Gasteiger partial charge in [-0.05, 0) is 53.2 Å². The molecule has 0 saturated carbocycles. The van der Waals surface area contributed by atoms with Crippen LogP contribution in [-0.4, -0.2) is 41.8 Å². The number of amides is 2. The molecule has 10 nitrogen and oxygen atoms in total. The third kappa shape index (κ3) is 4.46. The van der Waals surface area contributed by atoms with Crippen molar-refractivity contribution in [2.24, 2.45) is 0 Å². The molecule has 2 amide bonds. The molecule has 2 N–H and O–H groups in total. The summed E-state index contributed by atoms with van der Waals surface area (Å²) in [6.07, 6.45) is 1.44. The zero-order valence-corrected chi connectivity index (χ0v) is 18.2. The normalized spacial score (nSPS) is 10.7. The van der Waals surface area contributed by atoms with Crippen LogP contribution >= 0.6 is 23.2 Å². The van der Waals surface area contributed by atoms with Gasteiger partial charge in [0, 0.05) is 10.6 Å². The molecule has 12 heteroatoms. The lowest BCUT2D eigenvalue weighted by Crippen LogP contribution is -2.41. The number of halogens is 2. The van der Waals surface area contributed by atoms with Crippen molar-refractivity contribution in [3.63, 3.8) is 0 Å². The van der Waals surface area contributed by atoms with Gasteiger partial charge in [-0.2, -0.15) is 5.10 Å². The number of nitrogens with zero attached hydrogens (tertiary/aromatic N) is 6. The minimum absolute atomic E-state index is 0.139. The predicted octanol–water partition coefficient (Wildman–Crippen LogP) is 2.60. The fraction of sp³-hybridized carbons (Fsp3) is 0.100. The van der Waals surface area contributed by atoms with Crippen LogP contribution in [0.2, 0.25) is 10.2 Å². The highest BCUT2D eigenvalue weighted by atomic mass is 35.5. The second kappa shape index (κ2) is 9.16. The summed E-state index contributed by atoms with van der Waals surface area (Å²) in [5.41, 5.74) is 7.14. The maximum Gasteiger partial charge on any atom is 0.274 e. The molecule has 0 fully saturated rings. The van der Waals surface area contributed by atoms with Crippen LogP contribution in [0.3, 0.4) is 0 Å². The molecule has 0 radical (unpaired) electrons. The quantitative estimate of drug-likeness (QED) is 0.432. The molecule has 4 rings (SSSR count). The van der Waals surface area contributed by atoms with E-state index in [0.717, 1.165) is 5.56 Å². The van der Waals surface area contributed by atoms with Crippen LogP contribution in [0, 0.1) is 6.92 Å². The molecule has 2 heterocycles. The summed E-state index contributed by atoms with van der Waals surface area (Å²) >= 11 is 12.6. The Hall–Kier alpha value is -3.76. The Bertz CT molecular complexity index is 1270. The number of benzene rings is 2. The number of hydrazine groups is 1. The average molecular weight is 471 g/mol. The average Bonchev–Trinajstić information content (AvgIpc) is 3.42. The number of hydrogen-bond acceptors (Lipinski definition) is 6. The summed E-state index contributed by atoms with van der Waals surface area (Å²) in [7, 11) is 0. The predicted molar refractivity (Wildman–Crippen MR) is 117 cm³/mol. The van der Waals surface area contributed by atoms with Gasteiger partial charge >= 0.3 is 0 Å². The van der Waals surface area contributed by atoms with Crippen molar-refractivity contribution >= 4 is 35.0 Å². The molecule has 2 aromatic carbocycles. The third-order valence-corrected chi connectivity index (χ3v) is 5.36. The van der Waals surface area contributed by atoms with E-state index in [1.807, 2.05) is 18.2 Å². The summed E-state index contributed by atoms with van der Waals surface area (Å²) in [6.45, 7) is 1.95. The molecule has 0 spiro atoms. The number of aromatic nitrogens is 6. The van der Waals surface area contributed by atoms with Gasteiger partial charge in [-0.3, -0.25) is 20.4 Å². The van der Waals surface area contributed by atoms with E-state index >= 15 is 0 Å². The summed E-state index contributed by atoms with van der Waals surface area (Å²) in [5.74, 6) is -1.09. The van der Waals surface area contributed by atoms with Crippen LogP contribution in [-0.2, 0) is 6.54 Å². The first-order chi connectivity index (χ1) is 15.4.